The fourth-order valence-electron chi connectivity index (χ4n) is 2.17. The molecule has 2 heterocycles. The molecule has 0 saturated heterocycles. The number of nitrogens with zero attached hydrogens (tertiary/aromatic N) is 2. The van der Waals surface area contributed by atoms with Gasteiger partial charge in [-0.2, -0.15) is 5.10 Å². The van der Waals surface area contributed by atoms with E-state index in [2.05, 4.69) is 10.4 Å². The average molecular weight is 344 g/mol. The smallest absolute Gasteiger partial charge is 0.267 e. The molecule has 0 aliphatic carbocycles. The number of amides is 1. The Hall–Kier alpha value is -2.86. The molecule has 1 N–H and O–H groups in total. The molecule has 0 spiro atoms. The second-order valence-electron chi connectivity index (χ2n) is 5.12. The van der Waals surface area contributed by atoms with Crippen LogP contribution in [0.25, 0.3) is 11.5 Å². The van der Waals surface area contributed by atoms with Crippen LogP contribution in [0.15, 0.2) is 64.0 Å². The van der Waals surface area contributed by atoms with Crippen molar-refractivity contribution in [1.29, 1.82) is 0 Å². The number of nitrogens with one attached hydrogen (secondary N) is 1. The number of anilines is 1. The van der Waals surface area contributed by atoms with Crippen LogP contribution < -0.4 is 10.9 Å². The van der Waals surface area contributed by atoms with E-state index in [1.165, 1.54) is 12.3 Å². The minimum absolute atomic E-state index is 0.382. The molecule has 0 radical (unpaired) electrons. The molecule has 0 aliphatic rings. The van der Waals surface area contributed by atoms with E-state index in [1.807, 2.05) is 0 Å². The summed E-state index contributed by atoms with van der Waals surface area (Å²) in [5, 5.41) is 7.33. The van der Waals surface area contributed by atoms with Crippen molar-refractivity contribution in [2.75, 3.05) is 5.32 Å². The standard InChI is InChI=1S/C17H14ClN3O3/c1-11(17(23)19-13-6-3-2-5-12(13)18)21-16(22)9-8-14(20-21)15-7-4-10-24-15/h2-11H,1H3,(H,19,23). The third-order valence-electron chi connectivity index (χ3n) is 3.48. The number of para-hydroxylation sites is 1. The van der Waals surface area contributed by atoms with E-state index < -0.39 is 11.9 Å². The predicted octanol–water partition coefficient (Wildman–Crippen LogP) is 3.36. The second-order valence-corrected chi connectivity index (χ2v) is 5.53. The third-order valence-corrected chi connectivity index (χ3v) is 3.81. The summed E-state index contributed by atoms with van der Waals surface area (Å²) in [4.78, 5) is 24.5. The number of hydrogen-bond donors (Lipinski definition) is 1. The van der Waals surface area contributed by atoms with Gasteiger partial charge in [0.25, 0.3) is 5.56 Å². The number of benzene rings is 1. The van der Waals surface area contributed by atoms with E-state index in [0.717, 1.165) is 4.68 Å². The van der Waals surface area contributed by atoms with Crippen LogP contribution in [0, 0.1) is 0 Å². The summed E-state index contributed by atoms with van der Waals surface area (Å²) in [6.45, 7) is 1.59. The lowest BCUT2D eigenvalue weighted by Gasteiger charge is -2.15. The maximum absolute atomic E-state index is 12.4. The first-order valence-corrected chi connectivity index (χ1v) is 7.63. The summed E-state index contributed by atoms with van der Waals surface area (Å²) in [6, 6.07) is 12.4. The van der Waals surface area contributed by atoms with Gasteiger partial charge in [-0.3, -0.25) is 9.59 Å². The number of halogens is 1. The van der Waals surface area contributed by atoms with Crippen LogP contribution in [0.3, 0.4) is 0 Å². The molecule has 0 aliphatic heterocycles. The minimum atomic E-state index is -0.816. The number of carbonyl (C=O) groups excluding carboxylic acids is 1. The molecule has 3 aromatic rings. The van der Waals surface area contributed by atoms with Crippen LogP contribution >= 0.6 is 11.6 Å². The Kier molecular flexibility index (Phi) is 4.48. The van der Waals surface area contributed by atoms with Crippen molar-refractivity contribution in [2.45, 2.75) is 13.0 Å². The summed E-state index contributed by atoms with van der Waals surface area (Å²) in [5.41, 5.74) is 0.565. The lowest BCUT2D eigenvalue weighted by atomic mass is 10.2. The Morgan fingerprint density at radius 3 is 2.71 bits per heavy atom. The molecule has 7 heteroatoms. The summed E-state index contributed by atoms with van der Waals surface area (Å²) >= 11 is 6.03. The van der Waals surface area contributed by atoms with Gasteiger partial charge < -0.3 is 9.73 Å². The number of furan rings is 1. The Labute approximate surface area is 142 Å². The first-order valence-electron chi connectivity index (χ1n) is 7.25. The number of carbonyl (C=O) groups is 1. The SMILES string of the molecule is CC(C(=O)Nc1ccccc1Cl)n1nc(-c2ccco2)ccc1=O. The van der Waals surface area contributed by atoms with Gasteiger partial charge in [0, 0.05) is 6.07 Å². The van der Waals surface area contributed by atoms with Crippen molar-refractivity contribution in [1.82, 2.24) is 9.78 Å². The van der Waals surface area contributed by atoms with Gasteiger partial charge in [-0.25, -0.2) is 4.68 Å². The largest absolute Gasteiger partial charge is 0.463 e. The van der Waals surface area contributed by atoms with Crippen LogP contribution in [0.2, 0.25) is 5.02 Å². The molecular formula is C17H14ClN3O3. The lowest BCUT2D eigenvalue weighted by Crippen LogP contribution is -2.33. The van der Waals surface area contributed by atoms with Gasteiger partial charge in [0.2, 0.25) is 5.91 Å². The first-order chi connectivity index (χ1) is 11.6. The lowest BCUT2D eigenvalue weighted by molar-refractivity contribution is -0.119. The van der Waals surface area contributed by atoms with Crippen molar-refractivity contribution < 1.29 is 9.21 Å². The number of rotatable bonds is 4. The van der Waals surface area contributed by atoms with Crippen molar-refractivity contribution >= 4 is 23.2 Å². The van der Waals surface area contributed by atoms with E-state index in [4.69, 9.17) is 16.0 Å². The molecular weight excluding hydrogens is 330 g/mol. The molecule has 1 amide bonds. The molecule has 122 valence electrons. The maximum Gasteiger partial charge on any atom is 0.267 e. The van der Waals surface area contributed by atoms with Crippen LogP contribution in [0.5, 0.6) is 0 Å². The highest BCUT2D eigenvalue weighted by Gasteiger charge is 2.19. The highest BCUT2D eigenvalue weighted by molar-refractivity contribution is 6.33. The zero-order valence-corrected chi connectivity index (χ0v) is 13.5. The molecule has 3 rings (SSSR count). The molecule has 0 fully saturated rings. The zero-order chi connectivity index (χ0) is 17.1. The molecule has 6 nitrogen and oxygen atoms in total. The highest BCUT2D eigenvalue weighted by atomic mass is 35.5. The van der Waals surface area contributed by atoms with Gasteiger partial charge in [0.1, 0.15) is 11.7 Å². The molecule has 1 aromatic carbocycles. The number of aromatic nitrogens is 2. The van der Waals surface area contributed by atoms with Crippen LogP contribution in [-0.2, 0) is 4.79 Å². The Bertz CT molecular complexity index is 919. The summed E-state index contributed by atoms with van der Waals surface area (Å²) in [5.74, 6) is 0.122. The van der Waals surface area contributed by atoms with Crippen molar-refractivity contribution in [3.05, 3.63) is 70.2 Å². The van der Waals surface area contributed by atoms with Crippen molar-refractivity contribution in [2.24, 2.45) is 0 Å². The van der Waals surface area contributed by atoms with Gasteiger partial charge >= 0.3 is 0 Å². The molecule has 1 unspecified atom stereocenters. The molecule has 2 aromatic heterocycles. The van der Waals surface area contributed by atoms with Gasteiger partial charge in [-0.15, -0.1) is 0 Å². The second kappa shape index (κ2) is 6.72. The third kappa shape index (κ3) is 3.23. The van der Waals surface area contributed by atoms with Gasteiger partial charge in [0.05, 0.1) is 17.0 Å². The van der Waals surface area contributed by atoms with Gasteiger partial charge in [-0.1, -0.05) is 23.7 Å². The van der Waals surface area contributed by atoms with Gasteiger partial charge in [-0.05, 0) is 37.3 Å². The maximum atomic E-state index is 12.4. The van der Waals surface area contributed by atoms with Crippen LogP contribution in [0.4, 0.5) is 5.69 Å². The van der Waals surface area contributed by atoms with E-state index >= 15 is 0 Å². The van der Waals surface area contributed by atoms with Crippen LogP contribution in [0.1, 0.15) is 13.0 Å². The van der Waals surface area contributed by atoms with Gasteiger partial charge in [0.15, 0.2) is 5.76 Å². The quantitative estimate of drug-likeness (QED) is 0.788. The molecule has 1 atom stereocenters. The zero-order valence-electron chi connectivity index (χ0n) is 12.8. The highest BCUT2D eigenvalue weighted by Crippen LogP contribution is 2.22. The summed E-state index contributed by atoms with van der Waals surface area (Å²) < 4.78 is 6.39. The minimum Gasteiger partial charge on any atom is -0.463 e. The Morgan fingerprint density at radius 1 is 1.21 bits per heavy atom. The molecule has 24 heavy (non-hydrogen) atoms. The predicted molar refractivity (Wildman–Crippen MR) is 91.0 cm³/mol. The Balaban J connectivity index is 1.88. The topological polar surface area (TPSA) is 77.1 Å². The van der Waals surface area contributed by atoms with Crippen molar-refractivity contribution in [3.63, 3.8) is 0 Å². The fraction of sp³-hybridized carbons (Fsp3) is 0.118. The van der Waals surface area contributed by atoms with Crippen molar-refractivity contribution in [3.8, 4) is 11.5 Å². The van der Waals surface area contributed by atoms with E-state index in [-0.39, 0.29) is 5.56 Å². The fourth-order valence-corrected chi connectivity index (χ4v) is 2.35. The van der Waals surface area contributed by atoms with Crippen LogP contribution in [-0.4, -0.2) is 15.7 Å². The number of hydrogen-bond acceptors (Lipinski definition) is 4. The summed E-state index contributed by atoms with van der Waals surface area (Å²) in [7, 11) is 0. The molecule has 0 bridgehead atoms. The average Bonchev–Trinajstić information content (AvgIpc) is 3.11. The van der Waals surface area contributed by atoms with E-state index in [0.29, 0.717) is 22.2 Å². The van der Waals surface area contributed by atoms with E-state index in [1.54, 1.807) is 49.4 Å². The molecule has 0 saturated carbocycles. The first kappa shape index (κ1) is 16.0. The normalized spacial score (nSPS) is 11.9. The Morgan fingerprint density at radius 2 is 2.00 bits per heavy atom. The summed E-state index contributed by atoms with van der Waals surface area (Å²) in [6.07, 6.45) is 1.51. The van der Waals surface area contributed by atoms with E-state index in [9.17, 15) is 9.59 Å². The monoisotopic (exact) mass is 343 g/mol.